The second-order valence-electron chi connectivity index (χ2n) is 5.42. The minimum absolute atomic E-state index is 0. The van der Waals surface area contributed by atoms with Crippen molar-refractivity contribution in [1.29, 1.82) is 0 Å². The summed E-state index contributed by atoms with van der Waals surface area (Å²) in [6.07, 6.45) is -0.00673. The number of halogens is 2. The number of amides is 1. The smallest absolute Gasteiger partial charge is 0.410 e. The second kappa shape index (κ2) is 6.80. The summed E-state index contributed by atoms with van der Waals surface area (Å²) in [5.41, 5.74) is -0.428. The molecule has 2 aliphatic rings. The first-order valence-electron chi connectivity index (χ1n) is 5.78. The molecule has 0 saturated carbocycles. The van der Waals surface area contributed by atoms with Gasteiger partial charge in [0, 0.05) is 13.1 Å². The van der Waals surface area contributed by atoms with Gasteiger partial charge in [0.05, 0.1) is 25.3 Å². The van der Waals surface area contributed by atoms with E-state index >= 15 is 0 Å². The molecule has 2 bridgehead atoms. The van der Waals surface area contributed by atoms with E-state index in [1.54, 1.807) is 4.90 Å². The van der Waals surface area contributed by atoms with Crippen LogP contribution in [0.3, 0.4) is 0 Å². The molecule has 2 heterocycles. The molecular formula is C11H22Cl2N2O3. The Balaban J connectivity index is 0.00000144. The van der Waals surface area contributed by atoms with Gasteiger partial charge >= 0.3 is 6.09 Å². The molecule has 108 valence electrons. The van der Waals surface area contributed by atoms with Gasteiger partial charge in [0.25, 0.3) is 0 Å². The van der Waals surface area contributed by atoms with E-state index < -0.39 is 5.60 Å². The highest BCUT2D eigenvalue weighted by Crippen LogP contribution is 2.17. The molecule has 0 radical (unpaired) electrons. The Morgan fingerprint density at radius 1 is 1.22 bits per heavy atom. The van der Waals surface area contributed by atoms with Crippen LogP contribution in [0.1, 0.15) is 20.8 Å². The van der Waals surface area contributed by atoms with Crippen molar-refractivity contribution in [3.8, 4) is 0 Å². The van der Waals surface area contributed by atoms with E-state index in [9.17, 15) is 4.79 Å². The maximum absolute atomic E-state index is 11.9. The molecule has 1 amide bonds. The third-order valence-electron chi connectivity index (χ3n) is 2.63. The Morgan fingerprint density at radius 2 is 1.72 bits per heavy atom. The predicted molar refractivity (Wildman–Crippen MR) is 73.8 cm³/mol. The van der Waals surface area contributed by atoms with Crippen molar-refractivity contribution >= 4 is 30.9 Å². The lowest BCUT2D eigenvalue weighted by Gasteiger charge is -2.41. The molecule has 0 spiro atoms. The SMILES string of the molecule is CC(C)(C)OC(=O)N1CC2CNCC(C1)O2.Cl.Cl. The molecular weight excluding hydrogens is 279 g/mol. The highest BCUT2D eigenvalue weighted by atomic mass is 35.5. The summed E-state index contributed by atoms with van der Waals surface area (Å²) in [4.78, 5) is 13.6. The molecule has 5 nitrogen and oxygen atoms in total. The molecule has 2 unspecified atom stereocenters. The largest absolute Gasteiger partial charge is 0.444 e. The zero-order valence-corrected chi connectivity index (χ0v) is 12.6. The van der Waals surface area contributed by atoms with Crippen LogP contribution in [0.25, 0.3) is 0 Å². The van der Waals surface area contributed by atoms with E-state index in [-0.39, 0.29) is 43.1 Å². The van der Waals surface area contributed by atoms with Crippen LogP contribution in [0.5, 0.6) is 0 Å². The summed E-state index contributed by atoms with van der Waals surface area (Å²) in [7, 11) is 0. The number of rotatable bonds is 0. The van der Waals surface area contributed by atoms with E-state index in [1.807, 2.05) is 20.8 Å². The second-order valence-corrected chi connectivity index (χ2v) is 5.42. The number of hydrogen-bond donors (Lipinski definition) is 1. The third-order valence-corrected chi connectivity index (χ3v) is 2.63. The van der Waals surface area contributed by atoms with Crippen molar-refractivity contribution in [2.45, 2.75) is 38.6 Å². The molecule has 2 rings (SSSR count). The minimum atomic E-state index is -0.428. The fraction of sp³-hybridized carbons (Fsp3) is 0.909. The third kappa shape index (κ3) is 4.80. The molecule has 2 atom stereocenters. The molecule has 18 heavy (non-hydrogen) atoms. The van der Waals surface area contributed by atoms with Gasteiger partial charge in [0.15, 0.2) is 0 Å². The Morgan fingerprint density at radius 3 is 2.17 bits per heavy atom. The van der Waals surface area contributed by atoms with Crippen molar-refractivity contribution < 1.29 is 14.3 Å². The lowest BCUT2D eigenvalue weighted by molar-refractivity contribution is -0.102. The van der Waals surface area contributed by atoms with Crippen molar-refractivity contribution in [3.05, 3.63) is 0 Å². The summed E-state index contributed by atoms with van der Waals surface area (Å²) in [5.74, 6) is 0. The van der Waals surface area contributed by atoms with Crippen molar-refractivity contribution in [2.24, 2.45) is 0 Å². The summed E-state index contributed by atoms with van der Waals surface area (Å²) >= 11 is 0. The zero-order valence-electron chi connectivity index (χ0n) is 11.0. The average molecular weight is 301 g/mol. The van der Waals surface area contributed by atoms with E-state index in [2.05, 4.69) is 5.32 Å². The molecule has 2 fully saturated rings. The Labute approximate surface area is 120 Å². The fourth-order valence-electron chi connectivity index (χ4n) is 2.03. The van der Waals surface area contributed by atoms with Gasteiger partial charge in [0.1, 0.15) is 5.60 Å². The first kappa shape index (κ1) is 17.8. The van der Waals surface area contributed by atoms with Crippen LogP contribution in [-0.4, -0.2) is 55.0 Å². The van der Waals surface area contributed by atoms with Gasteiger partial charge in [-0.05, 0) is 20.8 Å². The van der Waals surface area contributed by atoms with E-state index in [0.29, 0.717) is 13.1 Å². The average Bonchev–Trinajstić information content (AvgIpc) is 2.14. The van der Waals surface area contributed by atoms with Gasteiger partial charge in [-0.15, -0.1) is 24.8 Å². The van der Waals surface area contributed by atoms with Crippen LogP contribution < -0.4 is 5.32 Å². The van der Waals surface area contributed by atoms with Gasteiger partial charge in [-0.1, -0.05) is 0 Å². The number of ether oxygens (including phenoxy) is 2. The number of nitrogens with one attached hydrogen (secondary N) is 1. The molecule has 2 saturated heterocycles. The Bertz CT molecular complexity index is 272. The van der Waals surface area contributed by atoms with E-state index in [0.717, 1.165) is 13.1 Å². The van der Waals surface area contributed by atoms with Crippen LogP contribution in [0.15, 0.2) is 0 Å². The van der Waals surface area contributed by atoms with E-state index in [1.165, 1.54) is 0 Å². The fourth-order valence-corrected chi connectivity index (χ4v) is 2.03. The molecule has 0 aromatic heterocycles. The van der Waals surface area contributed by atoms with E-state index in [4.69, 9.17) is 9.47 Å². The molecule has 0 aliphatic carbocycles. The van der Waals surface area contributed by atoms with Crippen LogP contribution in [-0.2, 0) is 9.47 Å². The van der Waals surface area contributed by atoms with Crippen molar-refractivity contribution in [1.82, 2.24) is 10.2 Å². The Kier molecular flexibility index (Phi) is 6.71. The predicted octanol–water partition coefficient (Wildman–Crippen LogP) is 1.44. The summed E-state index contributed by atoms with van der Waals surface area (Å²) in [6.45, 7) is 8.53. The highest BCUT2D eigenvalue weighted by molar-refractivity contribution is 5.85. The number of fused-ring (bicyclic) bond motifs is 2. The van der Waals surface area contributed by atoms with Crippen molar-refractivity contribution in [2.75, 3.05) is 26.2 Å². The van der Waals surface area contributed by atoms with Crippen LogP contribution in [0.4, 0.5) is 4.79 Å². The summed E-state index contributed by atoms with van der Waals surface area (Å²) in [6, 6.07) is 0. The number of hydrogen-bond acceptors (Lipinski definition) is 4. The van der Waals surface area contributed by atoms with Crippen LogP contribution in [0, 0.1) is 0 Å². The maximum atomic E-state index is 11.9. The normalized spacial score (nSPS) is 26.7. The number of carbonyl (C=O) groups is 1. The number of carbonyl (C=O) groups excluding carboxylic acids is 1. The Hall–Kier alpha value is -0.230. The zero-order chi connectivity index (χ0) is 11.8. The minimum Gasteiger partial charge on any atom is -0.444 e. The van der Waals surface area contributed by atoms with Gasteiger partial charge in [-0.25, -0.2) is 4.79 Å². The van der Waals surface area contributed by atoms with Crippen LogP contribution >= 0.6 is 24.8 Å². The first-order chi connectivity index (χ1) is 7.44. The standard InChI is InChI=1S/C11H20N2O3.2ClH/c1-11(2,3)16-10(14)13-6-8-4-12-5-9(7-13)15-8;;/h8-9,12H,4-7H2,1-3H3;2*1H. The molecule has 1 N–H and O–H groups in total. The molecule has 2 aliphatic heterocycles. The molecule has 7 heteroatoms. The number of nitrogens with zero attached hydrogens (tertiary/aromatic N) is 1. The topological polar surface area (TPSA) is 50.8 Å². The van der Waals surface area contributed by atoms with Gasteiger partial charge < -0.3 is 19.7 Å². The maximum Gasteiger partial charge on any atom is 0.410 e. The van der Waals surface area contributed by atoms with Crippen molar-refractivity contribution in [3.63, 3.8) is 0 Å². The van der Waals surface area contributed by atoms with Gasteiger partial charge in [0.2, 0.25) is 0 Å². The summed E-state index contributed by atoms with van der Waals surface area (Å²) in [5, 5.41) is 3.29. The molecule has 0 aromatic carbocycles. The van der Waals surface area contributed by atoms with Gasteiger partial charge in [-0.3, -0.25) is 0 Å². The summed E-state index contributed by atoms with van der Waals surface area (Å²) < 4.78 is 11.1. The lowest BCUT2D eigenvalue weighted by atomic mass is 10.1. The monoisotopic (exact) mass is 300 g/mol. The molecule has 0 aromatic rings. The highest BCUT2D eigenvalue weighted by Gasteiger charge is 2.35. The van der Waals surface area contributed by atoms with Gasteiger partial charge in [-0.2, -0.15) is 0 Å². The lowest BCUT2D eigenvalue weighted by Crippen LogP contribution is -2.59. The van der Waals surface area contributed by atoms with Crippen LogP contribution in [0.2, 0.25) is 0 Å². The number of morpholine rings is 2. The first-order valence-corrected chi connectivity index (χ1v) is 5.78. The quantitative estimate of drug-likeness (QED) is 0.735.